The van der Waals surface area contributed by atoms with Gasteiger partial charge in [-0.25, -0.2) is 13.1 Å². The van der Waals surface area contributed by atoms with E-state index in [2.05, 4.69) is 16.7 Å². The van der Waals surface area contributed by atoms with Crippen LogP contribution in [0.1, 0.15) is 6.42 Å². The van der Waals surface area contributed by atoms with Gasteiger partial charge in [0.25, 0.3) is 0 Å². The van der Waals surface area contributed by atoms with Crippen LogP contribution in [-0.2, 0) is 10.0 Å². The summed E-state index contributed by atoms with van der Waals surface area (Å²) in [6.07, 6.45) is 1.06. The van der Waals surface area contributed by atoms with Gasteiger partial charge in [-0.05, 0) is 38.1 Å². The van der Waals surface area contributed by atoms with Gasteiger partial charge in [0.15, 0.2) is 0 Å². The second-order valence-corrected chi connectivity index (χ2v) is 6.35. The first kappa shape index (κ1) is 12.5. The summed E-state index contributed by atoms with van der Waals surface area (Å²) in [5.41, 5.74) is 0. The second kappa shape index (κ2) is 5.16. The minimum Gasteiger partial charge on any atom is -0.306 e. The van der Waals surface area contributed by atoms with Gasteiger partial charge in [-0.15, -0.1) is 0 Å². The molecule has 0 spiro atoms. The molecular weight excluding hydrogens is 236 g/mol. The summed E-state index contributed by atoms with van der Waals surface area (Å²) in [5, 5.41) is 0. The molecule has 0 aromatic heterocycles. The highest BCUT2D eigenvalue weighted by Crippen LogP contribution is 2.14. The normalized spacial score (nSPS) is 21.8. The summed E-state index contributed by atoms with van der Waals surface area (Å²) in [6, 6.07) is 8.51. The predicted molar refractivity (Wildman–Crippen MR) is 67.2 cm³/mol. The average molecular weight is 254 g/mol. The molecular formula is C12H18N2O2S. The van der Waals surface area contributed by atoms with Crippen LogP contribution < -0.4 is 4.72 Å². The van der Waals surface area contributed by atoms with Gasteiger partial charge in [-0.1, -0.05) is 18.2 Å². The number of rotatable bonds is 4. The second-order valence-electron chi connectivity index (χ2n) is 4.58. The van der Waals surface area contributed by atoms with Gasteiger partial charge in [-0.2, -0.15) is 0 Å². The smallest absolute Gasteiger partial charge is 0.240 e. The Bertz CT molecular complexity index is 459. The van der Waals surface area contributed by atoms with Gasteiger partial charge < -0.3 is 4.90 Å². The SMILES string of the molecule is CN1CCC(CNS(=O)(=O)c2ccccc2)C1. The lowest BCUT2D eigenvalue weighted by Crippen LogP contribution is -2.30. The Morgan fingerprint density at radius 3 is 2.65 bits per heavy atom. The number of nitrogens with one attached hydrogen (secondary N) is 1. The molecule has 0 aliphatic carbocycles. The number of benzene rings is 1. The lowest BCUT2D eigenvalue weighted by molar-refractivity contribution is 0.394. The molecule has 17 heavy (non-hydrogen) atoms. The Hall–Kier alpha value is -0.910. The highest BCUT2D eigenvalue weighted by Gasteiger charge is 2.22. The van der Waals surface area contributed by atoms with E-state index < -0.39 is 10.0 Å². The van der Waals surface area contributed by atoms with Gasteiger partial charge in [0.2, 0.25) is 10.0 Å². The number of sulfonamides is 1. The molecule has 1 fully saturated rings. The van der Waals surface area contributed by atoms with E-state index >= 15 is 0 Å². The Morgan fingerprint density at radius 1 is 1.35 bits per heavy atom. The van der Waals surface area contributed by atoms with Crippen molar-refractivity contribution >= 4 is 10.0 Å². The third-order valence-electron chi connectivity index (χ3n) is 3.10. The summed E-state index contributed by atoms with van der Waals surface area (Å²) in [4.78, 5) is 2.56. The molecule has 1 aliphatic heterocycles. The molecule has 1 aromatic carbocycles. The number of nitrogens with zero attached hydrogens (tertiary/aromatic N) is 1. The fourth-order valence-corrected chi connectivity index (χ4v) is 3.24. The summed E-state index contributed by atoms with van der Waals surface area (Å²) in [7, 11) is -1.27. The predicted octanol–water partition coefficient (Wildman–Crippen LogP) is 0.917. The van der Waals surface area contributed by atoms with Crippen LogP contribution >= 0.6 is 0 Å². The van der Waals surface area contributed by atoms with E-state index in [-0.39, 0.29) is 0 Å². The zero-order valence-corrected chi connectivity index (χ0v) is 10.8. The third kappa shape index (κ3) is 3.28. The fraction of sp³-hybridized carbons (Fsp3) is 0.500. The van der Waals surface area contributed by atoms with Crippen molar-refractivity contribution in [2.75, 3.05) is 26.7 Å². The van der Waals surface area contributed by atoms with Gasteiger partial charge in [0.1, 0.15) is 0 Å². The van der Waals surface area contributed by atoms with Crippen LogP contribution in [0, 0.1) is 5.92 Å². The van der Waals surface area contributed by atoms with Gasteiger partial charge in [0.05, 0.1) is 4.90 Å². The van der Waals surface area contributed by atoms with Crippen molar-refractivity contribution in [1.29, 1.82) is 0 Å². The molecule has 1 saturated heterocycles. The molecule has 4 nitrogen and oxygen atoms in total. The van der Waals surface area contributed by atoms with Crippen LogP contribution in [0.5, 0.6) is 0 Å². The summed E-state index contributed by atoms with van der Waals surface area (Å²) >= 11 is 0. The van der Waals surface area contributed by atoms with Gasteiger partial charge >= 0.3 is 0 Å². The Balaban J connectivity index is 1.95. The van der Waals surface area contributed by atoms with E-state index in [1.165, 1.54) is 0 Å². The molecule has 1 aromatic rings. The van der Waals surface area contributed by atoms with E-state index in [0.29, 0.717) is 17.4 Å². The minimum absolute atomic E-state index is 0.339. The van der Waals surface area contributed by atoms with E-state index in [4.69, 9.17) is 0 Å². The summed E-state index contributed by atoms with van der Waals surface area (Å²) in [6.45, 7) is 2.55. The zero-order chi connectivity index (χ0) is 12.3. The van der Waals surface area contributed by atoms with Crippen LogP contribution in [0.4, 0.5) is 0 Å². The lowest BCUT2D eigenvalue weighted by atomic mass is 10.1. The van der Waals surface area contributed by atoms with Crippen molar-refractivity contribution in [3.05, 3.63) is 30.3 Å². The largest absolute Gasteiger partial charge is 0.306 e. The van der Waals surface area contributed by atoms with E-state index in [1.807, 2.05) is 6.07 Å². The van der Waals surface area contributed by atoms with E-state index in [9.17, 15) is 8.42 Å². The van der Waals surface area contributed by atoms with Crippen LogP contribution in [0.2, 0.25) is 0 Å². The lowest BCUT2D eigenvalue weighted by Gasteiger charge is -2.12. The Labute approximate surface area is 103 Å². The van der Waals surface area contributed by atoms with Crippen molar-refractivity contribution in [1.82, 2.24) is 9.62 Å². The van der Waals surface area contributed by atoms with Gasteiger partial charge in [0, 0.05) is 13.1 Å². The minimum atomic E-state index is -3.33. The highest BCUT2D eigenvalue weighted by molar-refractivity contribution is 7.89. The molecule has 0 saturated carbocycles. The standard InChI is InChI=1S/C12H18N2O2S/c1-14-8-7-11(10-14)9-13-17(15,16)12-5-3-2-4-6-12/h2-6,11,13H,7-10H2,1H3. The van der Waals surface area contributed by atoms with Crippen LogP contribution in [0.3, 0.4) is 0 Å². The molecule has 1 aliphatic rings. The third-order valence-corrected chi connectivity index (χ3v) is 4.54. The first-order valence-electron chi connectivity index (χ1n) is 5.81. The molecule has 2 rings (SSSR count). The molecule has 0 radical (unpaired) electrons. The topological polar surface area (TPSA) is 49.4 Å². The molecule has 0 bridgehead atoms. The quantitative estimate of drug-likeness (QED) is 0.869. The van der Waals surface area contributed by atoms with Crippen molar-refractivity contribution in [2.24, 2.45) is 5.92 Å². The van der Waals surface area contributed by atoms with Crippen molar-refractivity contribution in [3.63, 3.8) is 0 Å². The maximum Gasteiger partial charge on any atom is 0.240 e. The number of hydrogen-bond acceptors (Lipinski definition) is 3. The molecule has 0 amide bonds. The molecule has 1 heterocycles. The Morgan fingerprint density at radius 2 is 2.06 bits per heavy atom. The molecule has 5 heteroatoms. The van der Waals surface area contributed by atoms with E-state index in [1.54, 1.807) is 24.3 Å². The Kier molecular flexibility index (Phi) is 3.81. The fourth-order valence-electron chi connectivity index (χ4n) is 2.10. The van der Waals surface area contributed by atoms with E-state index in [0.717, 1.165) is 19.5 Å². The average Bonchev–Trinajstić information content (AvgIpc) is 2.74. The summed E-state index contributed by atoms with van der Waals surface area (Å²) < 4.78 is 26.6. The van der Waals surface area contributed by atoms with Crippen molar-refractivity contribution in [2.45, 2.75) is 11.3 Å². The maximum absolute atomic E-state index is 11.9. The van der Waals surface area contributed by atoms with Crippen molar-refractivity contribution < 1.29 is 8.42 Å². The first-order chi connectivity index (χ1) is 8.08. The maximum atomic E-state index is 11.9. The number of hydrogen-bond donors (Lipinski definition) is 1. The highest BCUT2D eigenvalue weighted by atomic mass is 32.2. The zero-order valence-electron chi connectivity index (χ0n) is 9.96. The van der Waals surface area contributed by atoms with Crippen LogP contribution in [0.25, 0.3) is 0 Å². The summed E-state index contributed by atoms with van der Waals surface area (Å²) in [5.74, 6) is 0.429. The molecule has 1 unspecified atom stereocenters. The van der Waals surface area contributed by atoms with Crippen LogP contribution in [0.15, 0.2) is 35.2 Å². The van der Waals surface area contributed by atoms with Crippen molar-refractivity contribution in [3.8, 4) is 0 Å². The molecule has 1 atom stereocenters. The molecule has 1 N–H and O–H groups in total. The first-order valence-corrected chi connectivity index (χ1v) is 7.29. The molecule has 94 valence electrons. The number of likely N-dealkylation sites (tertiary alicyclic amines) is 1. The monoisotopic (exact) mass is 254 g/mol. The van der Waals surface area contributed by atoms with Crippen LogP contribution in [-0.4, -0.2) is 40.0 Å². The van der Waals surface area contributed by atoms with Gasteiger partial charge in [-0.3, -0.25) is 0 Å².